The molecule has 0 saturated carbocycles. The van der Waals surface area contributed by atoms with Crippen LogP contribution in [-0.4, -0.2) is 5.11 Å². The SMILES string of the molecule is Cc1ccc(OCc2ccccc2)c(CO)c1F. The Hall–Kier alpha value is -1.87. The lowest BCUT2D eigenvalue weighted by Crippen LogP contribution is -2.02. The van der Waals surface area contributed by atoms with Crippen molar-refractivity contribution in [1.29, 1.82) is 0 Å². The van der Waals surface area contributed by atoms with Crippen molar-refractivity contribution in [2.75, 3.05) is 0 Å². The van der Waals surface area contributed by atoms with Gasteiger partial charge in [0.1, 0.15) is 18.2 Å². The monoisotopic (exact) mass is 246 g/mol. The van der Waals surface area contributed by atoms with Crippen LogP contribution in [-0.2, 0) is 13.2 Å². The van der Waals surface area contributed by atoms with Crippen molar-refractivity contribution in [3.8, 4) is 5.75 Å². The molecular formula is C15H15FO2. The Morgan fingerprint density at radius 1 is 1.11 bits per heavy atom. The maximum Gasteiger partial charge on any atom is 0.135 e. The number of hydrogen-bond acceptors (Lipinski definition) is 2. The molecule has 18 heavy (non-hydrogen) atoms. The summed E-state index contributed by atoms with van der Waals surface area (Å²) >= 11 is 0. The highest BCUT2D eigenvalue weighted by Crippen LogP contribution is 2.25. The second kappa shape index (κ2) is 5.65. The number of aryl methyl sites for hydroxylation is 1. The summed E-state index contributed by atoms with van der Waals surface area (Å²) in [4.78, 5) is 0. The van der Waals surface area contributed by atoms with Crippen LogP contribution < -0.4 is 4.74 Å². The minimum atomic E-state index is -0.400. The largest absolute Gasteiger partial charge is 0.488 e. The first-order valence-corrected chi connectivity index (χ1v) is 5.78. The zero-order valence-electron chi connectivity index (χ0n) is 10.2. The zero-order chi connectivity index (χ0) is 13.0. The Kier molecular flexibility index (Phi) is 3.95. The van der Waals surface area contributed by atoms with Gasteiger partial charge in [-0.3, -0.25) is 0 Å². The minimum Gasteiger partial charge on any atom is -0.488 e. The van der Waals surface area contributed by atoms with Crippen molar-refractivity contribution in [2.45, 2.75) is 20.1 Å². The third-order valence-electron chi connectivity index (χ3n) is 2.79. The van der Waals surface area contributed by atoms with Gasteiger partial charge in [-0.25, -0.2) is 4.39 Å². The van der Waals surface area contributed by atoms with E-state index in [0.29, 0.717) is 17.9 Å². The summed E-state index contributed by atoms with van der Waals surface area (Å²) in [6.07, 6.45) is 0. The number of aliphatic hydroxyl groups is 1. The molecule has 0 spiro atoms. The number of hydrogen-bond donors (Lipinski definition) is 1. The summed E-state index contributed by atoms with van der Waals surface area (Å²) in [5.41, 5.74) is 1.72. The minimum absolute atomic E-state index is 0.214. The van der Waals surface area contributed by atoms with Crippen molar-refractivity contribution in [1.82, 2.24) is 0 Å². The Labute approximate surface area is 106 Å². The average Bonchev–Trinajstić information content (AvgIpc) is 2.41. The Balaban J connectivity index is 2.17. The lowest BCUT2D eigenvalue weighted by atomic mass is 10.1. The van der Waals surface area contributed by atoms with E-state index in [-0.39, 0.29) is 12.2 Å². The first-order chi connectivity index (χ1) is 8.72. The van der Waals surface area contributed by atoms with Gasteiger partial charge in [0.2, 0.25) is 0 Å². The van der Waals surface area contributed by atoms with Gasteiger partial charge in [0.15, 0.2) is 0 Å². The summed E-state index contributed by atoms with van der Waals surface area (Å²) in [7, 11) is 0. The summed E-state index contributed by atoms with van der Waals surface area (Å²) < 4.78 is 19.3. The van der Waals surface area contributed by atoms with Crippen molar-refractivity contribution in [2.24, 2.45) is 0 Å². The average molecular weight is 246 g/mol. The molecule has 94 valence electrons. The fraction of sp³-hybridized carbons (Fsp3) is 0.200. The number of halogens is 1. The summed E-state index contributed by atoms with van der Waals surface area (Å²) in [6, 6.07) is 13.0. The standard InChI is InChI=1S/C15H15FO2/c1-11-7-8-14(13(9-17)15(11)16)18-10-12-5-3-2-4-6-12/h2-8,17H,9-10H2,1H3. The molecule has 0 unspecified atom stereocenters. The van der Waals surface area contributed by atoms with Crippen LogP contribution in [0.3, 0.4) is 0 Å². The molecule has 0 aromatic heterocycles. The number of ether oxygens (including phenoxy) is 1. The van der Waals surface area contributed by atoms with Crippen molar-refractivity contribution in [3.05, 3.63) is 65.0 Å². The normalized spacial score (nSPS) is 10.4. The first-order valence-electron chi connectivity index (χ1n) is 5.78. The van der Waals surface area contributed by atoms with Crippen LogP contribution in [0.25, 0.3) is 0 Å². The quantitative estimate of drug-likeness (QED) is 0.897. The van der Waals surface area contributed by atoms with Crippen LogP contribution in [0.2, 0.25) is 0 Å². The fourth-order valence-corrected chi connectivity index (χ4v) is 1.74. The van der Waals surface area contributed by atoms with Gasteiger partial charge in [-0.2, -0.15) is 0 Å². The molecule has 0 aliphatic carbocycles. The van der Waals surface area contributed by atoms with E-state index >= 15 is 0 Å². The van der Waals surface area contributed by atoms with Crippen LogP contribution in [0.1, 0.15) is 16.7 Å². The molecule has 2 nitrogen and oxygen atoms in total. The van der Waals surface area contributed by atoms with Crippen molar-refractivity contribution < 1.29 is 14.2 Å². The Morgan fingerprint density at radius 2 is 1.83 bits per heavy atom. The highest BCUT2D eigenvalue weighted by atomic mass is 19.1. The van der Waals surface area contributed by atoms with E-state index in [1.165, 1.54) is 0 Å². The van der Waals surface area contributed by atoms with Gasteiger partial charge in [-0.15, -0.1) is 0 Å². The predicted octanol–water partition coefficient (Wildman–Crippen LogP) is 3.21. The number of aliphatic hydroxyl groups excluding tert-OH is 1. The molecule has 1 N–H and O–H groups in total. The van der Waals surface area contributed by atoms with Crippen LogP contribution >= 0.6 is 0 Å². The maximum absolute atomic E-state index is 13.7. The molecule has 2 aromatic rings. The number of rotatable bonds is 4. The fourth-order valence-electron chi connectivity index (χ4n) is 1.74. The smallest absolute Gasteiger partial charge is 0.135 e. The topological polar surface area (TPSA) is 29.5 Å². The van der Waals surface area contributed by atoms with Gasteiger partial charge in [0.25, 0.3) is 0 Å². The number of benzene rings is 2. The van der Waals surface area contributed by atoms with Crippen LogP contribution in [0.15, 0.2) is 42.5 Å². The summed E-state index contributed by atoms with van der Waals surface area (Å²) in [5.74, 6) is -0.00693. The van der Waals surface area contributed by atoms with E-state index in [4.69, 9.17) is 4.74 Å². The highest BCUT2D eigenvalue weighted by Gasteiger charge is 2.11. The van der Waals surface area contributed by atoms with E-state index in [1.54, 1.807) is 19.1 Å². The molecule has 2 aromatic carbocycles. The molecule has 3 heteroatoms. The van der Waals surface area contributed by atoms with Gasteiger partial charge in [-0.1, -0.05) is 36.4 Å². The predicted molar refractivity (Wildman–Crippen MR) is 67.8 cm³/mol. The lowest BCUT2D eigenvalue weighted by molar-refractivity contribution is 0.252. The molecule has 0 fully saturated rings. The van der Waals surface area contributed by atoms with E-state index in [9.17, 15) is 9.50 Å². The molecule has 0 radical (unpaired) electrons. The van der Waals surface area contributed by atoms with Crippen LogP contribution in [0, 0.1) is 12.7 Å². The zero-order valence-corrected chi connectivity index (χ0v) is 10.2. The molecule has 0 heterocycles. The van der Waals surface area contributed by atoms with Gasteiger partial charge < -0.3 is 9.84 Å². The summed E-state index contributed by atoms with van der Waals surface area (Å²) in [6.45, 7) is 1.66. The van der Waals surface area contributed by atoms with E-state index in [0.717, 1.165) is 5.56 Å². The van der Waals surface area contributed by atoms with Crippen molar-refractivity contribution in [3.63, 3.8) is 0 Å². The summed E-state index contributed by atoms with van der Waals surface area (Å²) in [5, 5.41) is 9.20. The Morgan fingerprint density at radius 3 is 2.50 bits per heavy atom. The molecular weight excluding hydrogens is 231 g/mol. The van der Waals surface area contributed by atoms with E-state index < -0.39 is 5.82 Å². The maximum atomic E-state index is 13.7. The highest BCUT2D eigenvalue weighted by molar-refractivity contribution is 5.38. The molecule has 0 saturated heterocycles. The first kappa shape index (κ1) is 12.6. The Bertz CT molecular complexity index is 524. The molecule has 0 bridgehead atoms. The third-order valence-corrected chi connectivity index (χ3v) is 2.79. The second-order valence-electron chi connectivity index (χ2n) is 4.11. The van der Waals surface area contributed by atoms with Crippen LogP contribution in [0.4, 0.5) is 4.39 Å². The van der Waals surface area contributed by atoms with Gasteiger partial charge >= 0.3 is 0 Å². The third kappa shape index (κ3) is 2.68. The van der Waals surface area contributed by atoms with Gasteiger partial charge in [0, 0.05) is 0 Å². The molecule has 0 aliphatic heterocycles. The molecule has 0 atom stereocenters. The molecule has 2 rings (SSSR count). The van der Waals surface area contributed by atoms with Gasteiger partial charge in [-0.05, 0) is 24.1 Å². The van der Waals surface area contributed by atoms with Crippen molar-refractivity contribution >= 4 is 0 Å². The van der Waals surface area contributed by atoms with E-state index in [2.05, 4.69) is 0 Å². The van der Waals surface area contributed by atoms with E-state index in [1.807, 2.05) is 30.3 Å². The second-order valence-corrected chi connectivity index (χ2v) is 4.11. The molecule has 0 aliphatic rings. The lowest BCUT2D eigenvalue weighted by Gasteiger charge is -2.12. The van der Waals surface area contributed by atoms with Crippen LogP contribution in [0.5, 0.6) is 5.75 Å². The molecule has 0 amide bonds. The van der Waals surface area contributed by atoms with Gasteiger partial charge in [0.05, 0.1) is 12.2 Å².